The van der Waals surface area contributed by atoms with Gasteiger partial charge in [-0.3, -0.25) is 4.98 Å². The predicted octanol–water partition coefficient (Wildman–Crippen LogP) is 3.00. The molecule has 1 aliphatic rings. The highest BCUT2D eigenvalue weighted by molar-refractivity contribution is 7.99. The molecule has 0 bridgehead atoms. The Bertz CT molecular complexity index is 789. The molecule has 0 aromatic carbocycles. The number of nitrogens with two attached hydrogens (primary N) is 1. The second-order valence-corrected chi connectivity index (χ2v) is 8.60. The first-order valence-corrected chi connectivity index (χ1v) is 10.7. The van der Waals surface area contributed by atoms with Gasteiger partial charge in [-0.1, -0.05) is 19.8 Å². The highest BCUT2D eigenvalue weighted by Gasteiger charge is 2.43. The van der Waals surface area contributed by atoms with E-state index in [1.807, 2.05) is 13.0 Å². The zero-order valence-corrected chi connectivity index (χ0v) is 16.5. The van der Waals surface area contributed by atoms with Crippen molar-refractivity contribution in [3.63, 3.8) is 0 Å². The summed E-state index contributed by atoms with van der Waals surface area (Å²) in [6.45, 7) is 2.05. The molecule has 1 fully saturated rings. The van der Waals surface area contributed by atoms with Gasteiger partial charge in [-0.15, -0.1) is 0 Å². The van der Waals surface area contributed by atoms with Crippen molar-refractivity contribution in [1.82, 2.24) is 4.98 Å². The number of nitrogens with zero attached hydrogens (tertiary/aromatic N) is 1. The number of aliphatic carboxylic acids is 1. The fraction of sp³-hybridized carbons (Fsp3) is 0.600. The summed E-state index contributed by atoms with van der Waals surface area (Å²) in [6, 6.07) is 2.82. The molecule has 3 rings (SSSR count). The van der Waals surface area contributed by atoms with Crippen LogP contribution in [0.2, 0.25) is 0 Å². The van der Waals surface area contributed by atoms with Gasteiger partial charge in [-0.2, -0.15) is 11.8 Å². The van der Waals surface area contributed by atoms with E-state index in [1.54, 1.807) is 24.0 Å². The van der Waals surface area contributed by atoms with E-state index in [1.165, 1.54) is 12.8 Å². The van der Waals surface area contributed by atoms with Crippen LogP contribution in [0.1, 0.15) is 44.1 Å². The lowest BCUT2D eigenvalue weighted by molar-refractivity contribution is -0.160. The van der Waals surface area contributed by atoms with Gasteiger partial charge in [0.05, 0.1) is 11.7 Å². The maximum absolute atomic E-state index is 11.8. The molecule has 2 aromatic heterocycles. The van der Waals surface area contributed by atoms with Crippen LogP contribution in [-0.2, 0) is 17.6 Å². The van der Waals surface area contributed by atoms with E-state index >= 15 is 0 Å². The number of aromatic nitrogens is 1. The van der Waals surface area contributed by atoms with Gasteiger partial charge in [0.2, 0.25) is 0 Å². The molecule has 7 heteroatoms. The number of hydrogen-bond acceptors (Lipinski definition) is 6. The van der Waals surface area contributed by atoms with Crippen LogP contribution in [0.3, 0.4) is 0 Å². The summed E-state index contributed by atoms with van der Waals surface area (Å²) in [6.07, 6.45) is 7.00. The van der Waals surface area contributed by atoms with Crippen molar-refractivity contribution >= 4 is 28.7 Å². The van der Waals surface area contributed by atoms with E-state index in [4.69, 9.17) is 10.2 Å². The van der Waals surface area contributed by atoms with E-state index in [9.17, 15) is 15.0 Å². The topological polar surface area (TPSA) is 110 Å². The van der Waals surface area contributed by atoms with Gasteiger partial charge in [0.25, 0.3) is 0 Å². The smallest absolute Gasteiger partial charge is 0.337 e. The summed E-state index contributed by atoms with van der Waals surface area (Å²) in [5.74, 6) is 1.64. The van der Waals surface area contributed by atoms with Crippen LogP contribution in [0.25, 0.3) is 11.0 Å². The Kier molecular flexibility index (Phi) is 6.44. The minimum atomic E-state index is -2.06. The quantitative estimate of drug-likeness (QED) is 0.504. The van der Waals surface area contributed by atoms with Crippen LogP contribution in [0, 0.1) is 5.92 Å². The van der Waals surface area contributed by atoms with E-state index in [-0.39, 0.29) is 6.42 Å². The van der Waals surface area contributed by atoms with Crippen LogP contribution >= 0.6 is 11.8 Å². The van der Waals surface area contributed by atoms with Crippen molar-refractivity contribution in [3.8, 4) is 0 Å². The standard InChI is InChI=1S/C20H28N2O4S/c1-2-9-27-12-18(21)20(25,19(23)24)11-16-15-10-14(6-5-13-3-4-13)26-17(15)7-8-22-16/h7-8,10,13,18,25H,2-6,9,11-12,21H2,1H3,(H,23,24)/t18?,20-/m1/s1. The highest BCUT2D eigenvalue weighted by Crippen LogP contribution is 2.34. The van der Waals surface area contributed by atoms with Crippen molar-refractivity contribution in [3.05, 3.63) is 29.8 Å². The summed E-state index contributed by atoms with van der Waals surface area (Å²) in [4.78, 5) is 16.2. The summed E-state index contributed by atoms with van der Waals surface area (Å²) < 4.78 is 5.90. The molecule has 6 nitrogen and oxygen atoms in total. The second kappa shape index (κ2) is 8.63. The maximum atomic E-state index is 11.8. The normalized spacial score (nSPS) is 17.7. The number of furan rings is 1. The van der Waals surface area contributed by atoms with Gasteiger partial charge >= 0.3 is 5.97 Å². The summed E-state index contributed by atoms with van der Waals surface area (Å²) in [5.41, 5.74) is 5.20. The molecule has 1 saturated carbocycles. The molecule has 0 saturated heterocycles. The predicted molar refractivity (Wildman–Crippen MR) is 107 cm³/mol. The minimum Gasteiger partial charge on any atom is -0.479 e. The zero-order chi connectivity index (χ0) is 19.4. The molecule has 2 atom stereocenters. The molecular weight excluding hydrogens is 364 g/mol. The SMILES string of the molecule is CCCSCC(N)[C@](O)(Cc1nccc2oc(CCC3CC3)cc12)C(=O)O. The van der Waals surface area contributed by atoms with Gasteiger partial charge in [0, 0.05) is 30.2 Å². The molecule has 0 spiro atoms. The molecule has 2 heterocycles. The second-order valence-electron chi connectivity index (χ2n) is 7.45. The van der Waals surface area contributed by atoms with Crippen molar-refractivity contribution in [1.29, 1.82) is 0 Å². The van der Waals surface area contributed by atoms with Crippen LogP contribution in [0.15, 0.2) is 22.7 Å². The van der Waals surface area contributed by atoms with E-state index in [2.05, 4.69) is 4.98 Å². The first-order valence-electron chi connectivity index (χ1n) is 9.59. The number of aryl methyl sites for hydroxylation is 1. The van der Waals surface area contributed by atoms with Gasteiger partial charge in [0.1, 0.15) is 11.3 Å². The van der Waals surface area contributed by atoms with Crippen molar-refractivity contribution < 1.29 is 19.4 Å². The van der Waals surface area contributed by atoms with Gasteiger partial charge in [0.15, 0.2) is 5.60 Å². The Balaban J connectivity index is 1.80. The Morgan fingerprint density at radius 3 is 2.96 bits per heavy atom. The third-order valence-corrected chi connectivity index (χ3v) is 6.43. The number of carbonyl (C=O) groups is 1. The number of aliphatic hydroxyl groups is 1. The first-order chi connectivity index (χ1) is 12.9. The van der Waals surface area contributed by atoms with Gasteiger partial charge < -0.3 is 20.4 Å². The number of rotatable bonds is 11. The molecule has 0 radical (unpaired) electrons. The van der Waals surface area contributed by atoms with Crippen molar-refractivity contribution in [2.24, 2.45) is 11.7 Å². The number of carboxylic acid groups (broad SMARTS) is 1. The lowest BCUT2D eigenvalue weighted by Gasteiger charge is -2.29. The number of carboxylic acids is 1. The molecular formula is C20H28N2O4S. The van der Waals surface area contributed by atoms with E-state index in [0.717, 1.165) is 42.1 Å². The monoisotopic (exact) mass is 392 g/mol. The average molecular weight is 393 g/mol. The lowest BCUT2D eigenvalue weighted by atomic mass is 9.89. The number of pyridine rings is 1. The number of hydrogen-bond donors (Lipinski definition) is 3. The summed E-state index contributed by atoms with van der Waals surface area (Å²) in [7, 11) is 0. The zero-order valence-electron chi connectivity index (χ0n) is 15.7. The largest absolute Gasteiger partial charge is 0.479 e. The summed E-state index contributed by atoms with van der Waals surface area (Å²) in [5, 5.41) is 21.3. The molecule has 0 aliphatic heterocycles. The van der Waals surface area contributed by atoms with E-state index < -0.39 is 17.6 Å². The first kappa shape index (κ1) is 20.2. The van der Waals surface area contributed by atoms with Crippen LogP contribution in [0.4, 0.5) is 0 Å². The maximum Gasteiger partial charge on any atom is 0.337 e. The number of thioether (sulfide) groups is 1. The fourth-order valence-corrected chi connectivity index (χ4v) is 4.19. The minimum absolute atomic E-state index is 0.144. The molecule has 148 valence electrons. The Morgan fingerprint density at radius 2 is 2.30 bits per heavy atom. The third kappa shape index (κ3) is 4.83. The number of fused-ring (bicyclic) bond motifs is 1. The highest BCUT2D eigenvalue weighted by atomic mass is 32.2. The summed E-state index contributed by atoms with van der Waals surface area (Å²) >= 11 is 1.55. The van der Waals surface area contributed by atoms with Crippen molar-refractivity contribution in [2.45, 2.75) is 57.1 Å². The molecule has 0 amide bonds. The molecule has 27 heavy (non-hydrogen) atoms. The van der Waals surface area contributed by atoms with Crippen LogP contribution in [-0.4, -0.2) is 44.3 Å². The van der Waals surface area contributed by atoms with Crippen LogP contribution in [0.5, 0.6) is 0 Å². The molecule has 1 aliphatic carbocycles. The van der Waals surface area contributed by atoms with Crippen molar-refractivity contribution in [2.75, 3.05) is 11.5 Å². The van der Waals surface area contributed by atoms with Crippen LogP contribution < -0.4 is 5.73 Å². The fourth-order valence-electron chi connectivity index (χ4n) is 3.20. The molecule has 4 N–H and O–H groups in total. The molecule has 1 unspecified atom stereocenters. The Hall–Kier alpha value is -1.57. The van der Waals surface area contributed by atoms with Gasteiger partial charge in [-0.25, -0.2) is 4.79 Å². The lowest BCUT2D eigenvalue weighted by Crippen LogP contribution is -2.57. The third-order valence-electron chi connectivity index (χ3n) is 5.14. The Labute approximate surface area is 163 Å². The Morgan fingerprint density at radius 1 is 1.52 bits per heavy atom. The van der Waals surface area contributed by atoms with E-state index in [0.29, 0.717) is 17.0 Å². The average Bonchev–Trinajstić information content (AvgIpc) is 3.37. The van der Waals surface area contributed by atoms with Gasteiger partial charge in [-0.05, 0) is 36.6 Å². The molecule has 2 aromatic rings.